The highest BCUT2D eigenvalue weighted by molar-refractivity contribution is 9.10. The van der Waals surface area contributed by atoms with E-state index in [1.807, 2.05) is 6.07 Å². The number of rotatable bonds is 6. The van der Waals surface area contributed by atoms with Gasteiger partial charge in [0.2, 0.25) is 0 Å². The molecular weight excluding hydrogens is 402 g/mol. The Morgan fingerprint density at radius 2 is 2.10 bits per heavy atom. The molecule has 0 radical (unpaired) electrons. The molecule has 20 heavy (non-hydrogen) atoms. The Labute approximate surface area is 139 Å². The third kappa shape index (κ3) is 4.07. The highest BCUT2D eigenvalue weighted by atomic mass is 79.9. The van der Waals surface area contributed by atoms with Gasteiger partial charge < -0.3 is 10.1 Å². The molecule has 1 aromatic heterocycles. The first-order valence-corrected chi connectivity index (χ1v) is 9.05. The molecule has 1 heterocycles. The van der Waals surface area contributed by atoms with Gasteiger partial charge in [0.1, 0.15) is 12.4 Å². The smallest absolute Gasteiger partial charge is 0.122 e. The summed E-state index contributed by atoms with van der Waals surface area (Å²) in [5.74, 6) is 0.922. The molecule has 1 aliphatic rings. The van der Waals surface area contributed by atoms with Gasteiger partial charge >= 0.3 is 0 Å². The summed E-state index contributed by atoms with van der Waals surface area (Å²) < 4.78 is 8.12. The molecule has 5 heteroatoms. The Hall–Kier alpha value is -0.360. The fraction of sp³-hybridized carbons (Fsp3) is 0.333. The Bertz CT molecular complexity index is 595. The minimum Gasteiger partial charge on any atom is -0.488 e. The van der Waals surface area contributed by atoms with E-state index in [0.717, 1.165) is 27.3 Å². The lowest BCUT2D eigenvalue weighted by Crippen LogP contribution is -2.15. The van der Waals surface area contributed by atoms with Gasteiger partial charge in [0.25, 0.3) is 0 Å². The minimum absolute atomic E-state index is 0.618. The third-order valence-corrected chi connectivity index (χ3v) is 5.62. The van der Waals surface area contributed by atoms with Gasteiger partial charge in [-0.2, -0.15) is 0 Å². The van der Waals surface area contributed by atoms with Crippen molar-refractivity contribution in [2.24, 2.45) is 0 Å². The molecule has 0 aliphatic heterocycles. The topological polar surface area (TPSA) is 21.3 Å². The maximum atomic E-state index is 5.86. The second-order valence-corrected chi connectivity index (χ2v) is 7.69. The standard InChI is InChI=1S/C15H15Br2NOS/c16-11-6-14(20-9-11)8-19-13-3-4-15(17)10(5-13)7-18-12-1-2-12/h3-6,9,12,18H,1-2,7-8H2. The monoisotopic (exact) mass is 415 g/mol. The van der Waals surface area contributed by atoms with Crippen LogP contribution in [0.1, 0.15) is 23.3 Å². The molecule has 1 N–H and O–H groups in total. The van der Waals surface area contributed by atoms with Crippen LogP contribution in [-0.2, 0) is 13.2 Å². The lowest BCUT2D eigenvalue weighted by Gasteiger charge is -2.10. The van der Waals surface area contributed by atoms with Crippen molar-refractivity contribution in [3.05, 3.63) is 49.0 Å². The van der Waals surface area contributed by atoms with Crippen molar-refractivity contribution < 1.29 is 4.74 Å². The SMILES string of the molecule is Brc1csc(COc2ccc(Br)c(CNC3CC3)c2)c1. The van der Waals surface area contributed by atoms with Crippen LogP contribution in [0.3, 0.4) is 0 Å². The van der Waals surface area contributed by atoms with Crippen LogP contribution in [0.25, 0.3) is 0 Å². The summed E-state index contributed by atoms with van der Waals surface area (Å²) in [6, 6.07) is 8.99. The molecule has 1 aromatic carbocycles. The molecule has 0 atom stereocenters. The molecule has 0 saturated heterocycles. The molecule has 0 amide bonds. The van der Waals surface area contributed by atoms with Gasteiger partial charge in [-0.05, 0) is 58.6 Å². The maximum absolute atomic E-state index is 5.86. The van der Waals surface area contributed by atoms with Crippen LogP contribution in [0.15, 0.2) is 38.6 Å². The Kier molecular flexibility index (Phi) is 4.81. The van der Waals surface area contributed by atoms with Crippen molar-refractivity contribution >= 4 is 43.2 Å². The fourth-order valence-electron chi connectivity index (χ4n) is 1.90. The summed E-state index contributed by atoms with van der Waals surface area (Å²) in [7, 11) is 0. The summed E-state index contributed by atoms with van der Waals surface area (Å²) in [5, 5.41) is 5.60. The van der Waals surface area contributed by atoms with Gasteiger partial charge in [-0.1, -0.05) is 15.9 Å². The van der Waals surface area contributed by atoms with Gasteiger partial charge in [0.05, 0.1) is 0 Å². The van der Waals surface area contributed by atoms with E-state index in [9.17, 15) is 0 Å². The van der Waals surface area contributed by atoms with Crippen LogP contribution in [-0.4, -0.2) is 6.04 Å². The van der Waals surface area contributed by atoms with Gasteiger partial charge in [0.15, 0.2) is 0 Å². The zero-order valence-electron chi connectivity index (χ0n) is 10.9. The lowest BCUT2D eigenvalue weighted by molar-refractivity contribution is 0.309. The van der Waals surface area contributed by atoms with Crippen LogP contribution in [0, 0.1) is 0 Å². The summed E-state index contributed by atoms with van der Waals surface area (Å²) in [6.45, 7) is 1.51. The van der Waals surface area contributed by atoms with E-state index < -0.39 is 0 Å². The van der Waals surface area contributed by atoms with Crippen LogP contribution < -0.4 is 10.1 Å². The van der Waals surface area contributed by atoms with Crippen molar-refractivity contribution in [1.82, 2.24) is 5.32 Å². The number of benzene rings is 1. The second kappa shape index (κ2) is 6.60. The van der Waals surface area contributed by atoms with E-state index in [1.165, 1.54) is 23.3 Å². The first kappa shape index (κ1) is 14.6. The van der Waals surface area contributed by atoms with E-state index in [4.69, 9.17) is 4.74 Å². The van der Waals surface area contributed by atoms with E-state index in [-0.39, 0.29) is 0 Å². The first-order chi connectivity index (χ1) is 9.70. The first-order valence-electron chi connectivity index (χ1n) is 6.58. The van der Waals surface area contributed by atoms with Crippen LogP contribution in [0.5, 0.6) is 5.75 Å². The van der Waals surface area contributed by atoms with Gasteiger partial charge in [-0.25, -0.2) is 0 Å². The molecule has 2 aromatic rings. The number of hydrogen-bond acceptors (Lipinski definition) is 3. The average molecular weight is 417 g/mol. The molecule has 106 valence electrons. The molecule has 3 rings (SSSR count). The molecule has 1 fully saturated rings. The Balaban J connectivity index is 1.61. The second-order valence-electron chi connectivity index (χ2n) is 4.93. The maximum Gasteiger partial charge on any atom is 0.122 e. The molecule has 1 aliphatic carbocycles. The Morgan fingerprint density at radius 3 is 2.80 bits per heavy atom. The molecule has 1 saturated carbocycles. The van der Waals surface area contributed by atoms with Crippen LogP contribution >= 0.6 is 43.2 Å². The van der Waals surface area contributed by atoms with E-state index in [1.54, 1.807) is 11.3 Å². The third-order valence-electron chi connectivity index (χ3n) is 3.18. The number of nitrogens with one attached hydrogen (secondary N) is 1. The molecule has 0 unspecified atom stereocenters. The highest BCUT2D eigenvalue weighted by Gasteiger charge is 2.20. The number of ether oxygens (including phenoxy) is 1. The predicted octanol–water partition coefficient (Wildman–Crippen LogP) is 5.10. The Morgan fingerprint density at radius 1 is 1.25 bits per heavy atom. The summed E-state index contributed by atoms with van der Waals surface area (Å²) in [4.78, 5) is 1.22. The quantitative estimate of drug-likeness (QED) is 0.706. The molecule has 0 spiro atoms. The summed E-state index contributed by atoms with van der Waals surface area (Å²) in [5.41, 5.74) is 1.25. The van der Waals surface area contributed by atoms with Gasteiger partial charge in [-0.15, -0.1) is 11.3 Å². The largest absolute Gasteiger partial charge is 0.488 e. The summed E-state index contributed by atoms with van der Waals surface area (Å²) >= 11 is 8.77. The normalized spacial score (nSPS) is 14.5. The minimum atomic E-state index is 0.618. The van der Waals surface area contributed by atoms with Gasteiger partial charge in [-0.3, -0.25) is 0 Å². The van der Waals surface area contributed by atoms with Crippen molar-refractivity contribution in [3.63, 3.8) is 0 Å². The lowest BCUT2D eigenvalue weighted by atomic mass is 10.2. The van der Waals surface area contributed by atoms with Crippen LogP contribution in [0.4, 0.5) is 0 Å². The van der Waals surface area contributed by atoms with E-state index in [0.29, 0.717) is 6.61 Å². The van der Waals surface area contributed by atoms with Crippen molar-refractivity contribution in [2.45, 2.75) is 32.0 Å². The highest BCUT2D eigenvalue weighted by Crippen LogP contribution is 2.26. The number of thiophene rings is 1. The van der Waals surface area contributed by atoms with Crippen molar-refractivity contribution in [2.75, 3.05) is 0 Å². The average Bonchev–Trinajstić information content (AvgIpc) is 3.18. The summed E-state index contributed by atoms with van der Waals surface area (Å²) in [6.07, 6.45) is 2.61. The zero-order chi connectivity index (χ0) is 13.9. The van der Waals surface area contributed by atoms with Crippen molar-refractivity contribution in [1.29, 1.82) is 0 Å². The van der Waals surface area contributed by atoms with Gasteiger partial charge in [0, 0.05) is 31.8 Å². The molecule has 2 nitrogen and oxygen atoms in total. The number of halogens is 2. The zero-order valence-corrected chi connectivity index (χ0v) is 14.9. The number of hydrogen-bond donors (Lipinski definition) is 1. The van der Waals surface area contributed by atoms with E-state index >= 15 is 0 Å². The van der Waals surface area contributed by atoms with Crippen LogP contribution in [0.2, 0.25) is 0 Å². The predicted molar refractivity (Wildman–Crippen MR) is 90.4 cm³/mol. The molecular formula is C15H15Br2NOS. The fourth-order valence-corrected chi connectivity index (χ4v) is 3.65. The molecule has 0 bridgehead atoms. The van der Waals surface area contributed by atoms with Crippen molar-refractivity contribution in [3.8, 4) is 5.75 Å². The van der Waals surface area contributed by atoms with E-state index in [2.05, 4.69) is 60.8 Å².